The van der Waals surface area contributed by atoms with Crippen LogP contribution in [0.4, 0.5) is 0 Å². The molecule has 0 atom stereocenters. The maximum absolute atomic E-state index is 12.6. The summed E-state index contributed by atoms with van der Waals surface area (Å²) in [6.45, 7) is 6.97. The molecule has 1 aliphatic heterocycles. The SMILES string of the molecule is Cc1ccc(CN(C)C(=O)CN2CCN(S(=O)(=O)c3cccs3)CC2)c(C)c1. The predicted octanol–water partition coefficient (Wildman–Crippen LogP) is 2.33. The number of carbonyl (C=O) groups is 1. The number of likely N-dealkylation sites (N-methyl/N-ethyl adjacent to an activating group) is 1. The Hall–Kier alpha value is -1.74. The second-order valence-corrected chi connectivity index (χ2v) is 10.4. The second kappa shape index (κ2) is 8.73. The van der Waals surface area contributed by atoms with Crippen LogP contribution in [0.2, 0.25) is 0 Å². The van der Waals surface area contributed by atoms with Crippen molar-refractivity contribution in [1.29, 1.82) is 0 Å². The molecule has 1 fully saturated rings. The summed E-state index contributed by atoms with van der Waals surface area (Å²) in [5.74, 6) is 0.0505. The first-order valence-corrected chi connectivity index (χ1v) is 11.7. The van der Waals surface area contributed by atoms with Gasteiger partial charge in [-0.05, 0) is 36.4 Å². The highest BCUT2D eigenvalue weighted by atomic mass is 32.2. The van der Waals surface area contributed by atoms with Gasteiger partial charge in [0.05, 0.1) is 6.54 Å². The van der Waals surface area contributed by atoms with Crippen molar-refractivity contribution in [2.75, 3.05) is 39.8 Å². The van der Waals surface area contributed by atoms with Gasteiger partial charge in [-0.2, -0.15) is 4.31 Å². The maximum Gasteiger partial charge on any atom is 0.252 e. The number of amides is 1. The minimum absolute atomic E-state index is 0.0505. The highest BCUT2D eigenvalue weighted by Gasteiger charge is 2.30. The summed E-state index contributed by atoms with van der Waals surface area (Å²) in [6.07, 6.45) is 0. The molecule has 6 nitrogen and oxygen atoms in total. The van der Waals surface area contributed by atoms with Gasteiger partial charge in [-0.3, -0.25) is 9.69 Å². The van der Waals surface area contributed by atoms with Crippen molar-refractivity contribution in [3.63, 3.8) is 0 Å². The molecule has 2 heterocycles. The largest absolute Gasteiger partial charge is 0.340 e. The van der Waals surface area contributed by atoms with Gasteiger partial charge in [-0.15, -0.1) is 11.3 Å². The number of hydrogen-bond donors (Lipinski definition) is 0. The third-order valence-electron chi connectivity index (χ3n) is 5.11. The Morgan fingerprint density at radius 3 is 2.46 bits per heavy atom. The number of nitrogens with zero attached hydrogens (tertiary/aromatic N) is 3. The molecule has 0 aliphatic carbocycles. The lowest BCUT2D eigenvalue weighted by atomic mass is 10.1. The number of piperazine rings is 1. The van der Waals surface area contributed by atoms with E-state index in [-0.39, 0.29) is 5.91 Å². The van der Waals surface area contributed by atoms with Crippen LogP contribution < -0.4 is 0 Å². The van der Waals surface area contributed by atoms with Crippen LogP contribution in [0.1, 0.15) is 16.7 Å². The van der Waals surface area contributed by atoms with Gasteiger partial charge in [0, 0.05) is 39.8 Å². The monoisotopic (exact) mass is 421 g/mol. The van der Waals surface area contributed by atoms with Crippen LogP contribution in [0.25, 0.3) is 0 Å². The molecule has 1 aliphatic rings. The van der Waals surface area contributed by atoms with Crippen LogP contribution in [-0.4, -0.2) is 68.2 Å². The van der Waals surface area contributed by atoms with Gasteiger partial charge in [0.2, 0.25) is 5.91 Å². The lowest BCUT2D eigenvalue weighted by Gasteiger charge is -2.34. The average molecular weight is 422 g/mol. The lowest BCUT2D eigenvalue weighted by molar-refractivity contribution is -0.131. The fourth-order valence-corrected chi connectivity index (χ4v) is 5.91. The number of carbonyl (C=O) groups excluding carboxylic acids is 1. The zero-order chi connectivity index (χ0) is 20.3. The van der Waals surface area contributed by atoms with E-state index in [1.54, 1.807) is 22.4 Å². The quantitative estimate of drug-likeness (QED) is 0.718. The van der Waals surface area contributed by atoms with Crippen molar-refractivity contribution in [3.05, 3.63) is 52.4 Å². The van der Waals surface area contributed by atoms with Gasteiger partial charge in [0.1, 0.15) is 4.21 Å². The molecular formula is C20H27N3O3S2. The van der Waals surface area contributed by atoms with E-state index >= 15 is 0 Å². The third kappa shape index (κ3) is 4.81. The number of aryl methyl sites for hydroxylation is 2. The lowest BCUT2D eigenvalue weighted by Crippen LogP contribution is -2.51. The molecule has 0 spiro atoms. The van der Waals surface area contributed by atoms with Gasteiger partial charge < -0.3 is 4.90 Å². The Morgan fingerprint density at radius 2 is 1.86 bits per heavy atom. The van der Waals surface area contributed by atoms with Crippen LogP contribution in [0, 0.1) is 13.8 Å². The van der Waals surface area contributed by atoms with E-state index in [9.17, 15) is 13.2 Å². The molecule has 1 aromatic carbocycles. The molecule has 0 radical (unpaired) electrons. The maximum atomic E-state index is 12.6. The summed E-state index contributed by atoms with van der Waals surface area (Å²) in [6, 6.07) is 9.65. The molecule has 1 aromatic heterocycles. The Balaban J connectivity index is 1.52. The van der Waals surface area contributed by atoms with Crippen LogP contribution in [0.15, 0.2) is 39.9 Å². The number of sulfonamides is 1. The number of rotatable bonds is 6. The van der Waals surface area contributed by atoms with E-state index in [2.05, 4.69) is 32.0 Å². The van der Waals surface area contributed by atoms with E-state index in [1.807, 2.05) is 11.9 Å². The van der Waals surface area contributed by atoms with Crippen molar-refractivity contribution < 1.29 is 13.2 Å². The fraction of sp³-hybridized carbons (Fsp3) is 0.450. The molecule has 0 saturated carbocycles. The van der Waals surface area contributed by atoms with Crippen molar-refractivity contribution in [2.24, 2.45) is 0 Å². The molecule has 0 unspecified atom stereocenters. The predicted molar refractivity (Wildman–Crippen MR) is 112 cm³/mol. The van der Waals surface area contributed by atoms with Gasteiger partial charge in [0.15, 0.2) is 0 Å². The van der Waals surface area contributed by atoms with E-state index in [4.69, 9.17) is 0 Å². The standard InChI is InChI=1S/C20H27N3O3S2/c1-16-6-7-18(17(2)13-16)14-21(3)19(24)15-22-8-10-23(11-9-22)28(25,26)20-5-4-12-27-20/h4-7,12-13H,8-11,14-15H2,1-3H3. The minimum Gasteiger partial charge on any atom is -0.340 e. The Bertz CT molecular complexity index is 918. The highest BCUT2D eigenvalue weighted by Crippen LogP contribution is 2.22. The topological polar surface area (TPSA) is 60.9 Å². The molecule has 28 heavy (non-hydrogen) atoms. The summed E-state index contributed by atoms with van der Waals surface area (Å²) >= 11 is 1.24. The van der Waals surface area contributed by atoms with Crippen molar-refractivity contribution in [2.45, 2.75) is 24.6 Å². The first kappa shape index (κ1) is 21.0. The number of hydrogen-bond acceptors (Lipinski definition) is 5. The van der Waals surface area contributed by atoms with Crippen LogP contribution in [0.3, 0.4) is 0 Å². The van der Waals surface area contributed by atoms with Gasteiger partial charge in [0.25, 0.3) is 10.0 Å². The van der Waals surface area contributed by atoms with E-state index in [0.717, 1.165) is 5.56 Å². The highest BCUT2D eigenvalue weighted by molar-refractivity contribution is 7.91. The van der Waals surface area contributed by atoms with Crippen molar-refractivity contribution in [3.8, 4) is 0 Å². The molecule has 3 rings (SSSR count). The Kier molecular flexibility index (Phi) is 6.54. The Labute approximate surface area is 171 Å². The van der Waals surface area contributed by atoms with Gasteiger partial charge >= 0.3 is 0 Å². The molecule has 2 aromatic rings. The zero-order valence-electron chi connectivity index (χ0n) is 16.6. The molecule has 1 saturated heterocycles. The Morgan fingerprint density at radius 1 is 1.14 bits per heavy atom. The first-order valence-electron chi connectivity index (χ1n) is 9.33. The fourth-order valence-electron chi connectivity index (χ4n) is 3.34. The van der Waals surface area contributed by atoms with E-state index < -0.39 is 10.0 Å². The van der Waals surface area contributed by atoms with Gasteiger partial charge in [-0.1, -0.05) is 29.8 Å². The summed E-state index contributed by atoms with van der Waals surface area (Å²) < 4.78 is 27.1. The zero-order valence-corrected chi connectivity index (χ0v) is 18.2. The summed E-state index contributed by atoms with van der Waals surface area (Å²) in [5.41, 5.74) is 3.55. The summed E-state index contributed by atoms with van der Waals surface area (Å²) in [5, 5.41) is 1.77. The van der Waals surface area contributed by atoms with Crippen molar-refractivity contribution in [1.82, 2.24) is 14.1 Å². The van der Waals surface area contributed by atoms with E-state index in [0.29, 0.717) is 43.5 Å². The summed E-state index contributed by atoms with van der Waals surface area (Å²) in [4.78, 5) is 16.4. The van der Waals surface area contributed by atoms with Crippen LogP contribution >= 0.6 is 11.3 Å². The molecule has 0 bridgehead atoms. The smallest absolute Gasteiger partial charge is 0.252 e. The third-order valence-corrected chi connectivity index (χ3v) is 8.38. The molecule has 0 N–H and O–H groups in total. The van der Waals surface area contributed by atoms with E-state index in [1.165, 1.54) is 26.8 Å². The normalized spacial score (nSPS) is 16.2. The summed E-state index contributed by atoms with van der Waals surface area (Å²) in [7, 11) is -1.59. The second-order valence-electron chi connectivity index (χ2n) is 7.29. The van der Waals surface area contributed by atoms with Crippen molar-refractivity contribution >= 4 is 27.3 Å². The number of benzene rings is 1. The van der Waals surface area contributed by atoms with Crippen LogP contribution in [-0.2, 0) is 21.4 Å². The molecular weight excluding hydrogens is 394 g/mol. The first-order chi connectivity index (χ1) is 13.3. The molecule has 1 amide bonds. The van der Waals surface area contributed by atoms with Crippen LogP contribution in [0.5, 0.6) is 0 Å². The van der Waals surface area contributed by atoms with Gasteiger partial charge in [-0.25, -0.2) is 8.42 Å². The minimum atomic E-state index is -3.41. The average Bonchev–Trinajstić information content (AvgIpc) is 3.20. The number of thiophene rings is 1. The molecule has 152 valence electrons. The molecule has 8 heteroatoms.